The maximum Gasteiger partial charge on any atom is 0.259 e. The number of rotatable bonds is 5. The van der Waals surface area contributed by atoms with E-state index in [1.807, 2.05) is 40.3 Å². The van der Waals surface area contributed by atoms with Crippen molar-refractivity contribution in [3.05, 3.63) is 52.2 Å². The van der Waals surface area contributed by atoms with Crippen LogP contribution in [0.2, 0.25) is 0 Å². The third-order valence-electron chi connectivity index (χ3n) is 3.72. The highest BCUT2D eigenvalue weighted by atomic mass is 32.2. The number of anilines is 1. The maximum absolute atomic E-state index is 11.5. The minimum atomic E-state index is -0.393. The molecule has 3 N–H and O–H groups in total. The molecule has 0 radical (unpaired) electrons. The van der Waals surface area contributed by atoms with E-state index >= 15 is 0 Å². The van der Waals surface area contributed by atoms with E-state index in [4.69, 9.17) is 5.73 Å². The molecule has 0 unspecified atom stereocenters. The fourth-order valence-electron chi connectivity index (χ4n) is 2.62. The van der Waals surface area contributed by atoms with E-state index in [1.54, 1.807) is 17.5 Å². The van der Waals surface area contributed by atoms with Gasteiger partial charge in [-0.3, -0.25) is 4.79 Å². The van der Waals surface area contributed by atoms with Crippen LogP contribution < -0.4 is 10.0 Å². The number of nitrogens with one attached hydrogen (secondary N) is 1. The summed E-state index contributed by atoms with van der Waals surface area (Å²) in [5.74, 6) is -0.393. The molecule has 25 heavy (non-hydrogen) atoms. The molecule has 8 heteroatoms. The van der Waals surface area contributed by atoms with Gasteiger partial charge in [-0.1, -0.05) is 12.1 Å². The predicted molar refractivity (Wildman–Crippen MR) is 107 cm³/mol. The first-order valence-electron chi connectivity index (χ1n) is 7.44. The summed E-state index contributed by atoms with van der Waals surface area (Å²) in [5, 5.41) is 5.93. The standard InChI is InChI=1S/C17H14N4OS3/c1-21(25-13-5-7-23-15(13)16(18)22)12-4-2-3-10-9-11(20-14(10)12)17-19-6-8-24-17/h2-9,20H,1H3,(H2,18,22). The Hall–Kier alpha value is -2.29. The van der Waals surface area contributed by atoms with E-state index in [0.29, 0.717) is 4.88 Å². The molecule has 0 spiro atoms. The second-order valence-electron chi connectivity index (χ2n) is 5.33. The maximum atomic E-state index is 11.5. The average Bonchev–Trinajstić information content (AvgIpc) is 3.33. The highest BCUT2D eigenvalue weighted by Gasteiger charge is 2.16. The number of H-pyrrole nitrogens is 1. The number of carbonyl (C=O) groups excluding carboxylic acids is 1. The molecule has 0 saturated carbocycles. The lowest BCUT2D eigenvalue weighted by Crippen LogP contribution is -2.12. The number of nitrogens with two attached hydrogens (primary N) is 1. The van der Waals surface area contributed by atoms with E-state index in [1.165, 1.54) is 23.3 Å². The number of hydrogen-bond acceptors (Lipinski definition) is 6. The summed E-state index contributed by atoms with van der Waals surface area (Å²) in [6.07, 6.45) is 1.80. The molecule has 0 atom stereocenters. The molecular weight excluding hydrogens is 372 g/mol. The van der Waals surface area contributed by atoms with Gasteiger partial charge in [-0.05, 0) is 35.5 Å². The van der Waals surface area contributed by atoms with Crippen LogP contribution in [0.15, 0.2) is 52.2 Å². The van der Waals surface area contributed by atoms with Crippen molar-refractivity contribution >= 4 is 57.1 Å². The van der Waals surface area contributed by atoms with Crippen LogP contribution in [0.1, 0.15) is 9.67 Å². The van der Waals surface area contributed by atoms with Crippen LogP contribution in [-0.2, 0) is 0 Å². The Morgan fingerprint density at radius 1 is 1.28 bits per heavy atom. The van der Waals surface area contributed by atoms with Gasteiger partial charge in [-0.25, -0.2) is 4.98 Å². The third kappa shape index (κ3) is 3.04. The van der Waals surface area contributed by atoms with Crippen LogP contribution >= 0.6 is 34.6 Å². The Balaban J connectivity index is 1.71. The molecule has 0 aliphatic heterocycles. The van der Waals surface area contributed by atoms with E-state index in [2.05, 4.69) is 22.1 Å². The number of fused-ring (bicyclic) bond motifs is 1. The van der Waals surface area contributed by atoms with E-state index in [9.17, 15) is 4.79 Å². The molecule has 0 bridgehead atoms. The Morgan fingerprint density at radius 3 is 2.92 bits per heavy atom. The molecule has 3 heterocycles. The van der Waals surface area contributed by atoms with Crippen molar-refractivity contribution in [3.8, 4) is 10.7 Å². The van der Waals surface area contributed by atoms with E-state index < -0.39 is 5.91 Å². The molecule has 0 aliphatic carbocycles. The summed E-state index contributed by atoms with van der Waals surface area (Å²) in [6.45, 7) is 0. The zero-order valence-electron chi connectivity index (χ0n) is 13.2. The number of benzene rings is 1. The van der Waals surface area contributed by atoms with Gasteiger partial charge in [0.1, 0.15) is 9.88 Å². The SMILES string of the molecule is CN(Sc1ccsc1C(N)=O)c1cccc2cc(-c3nccs3)[nH]c12. The van der Waals surface area contributed by atoms with Crippen LogP contribution in [0.5, 0.6) is 0 Å². The number of amides is 1. The minimum Gasteiger partial charge on any atom is -0.365 e. The molecule has 4 rings (SSSR count). The van der Waals surface area contributed by atoms with Crippen molar-refractivity contribution in [2.45, 2.75) is 4.90 Å². The van der Waals surface area contributed by atoms with Crippen molar-refractivity contribution in [2.24, 2.45) is 5.73 Å². The van der Waals surface area contributed by atoms with Gasteiger partial charge in [0.2, 0.25) is 0 Å². The van der Waals surface area contributed by atoms with Crippen LogP contribution in [-0.4, -0.2) is 22.9 Å². The second kappa shape index (κ2) is 6.55. The van der Waals surface area contributed by atoms with Crippen molar-refractivity contribution in [1.82, 2.24) is 9.97 Å². The zero-order valence-corrected chi connectivity index (χ0v) is 15.7. The van der Waals surface area contributed by atoms with Crippen molar-refractivity contribution in [2.75, 3.05) is 11.4 Å². The average molecular weight is 387 g/mol. The summed E-state index contributed by atoms with van der Waals surface area (Å²) < 4.78 is 2.04. The number of aromatic amines is 1. The highest BCUT2D eigenvalue weighted by molar-refractivity contribution is 8.00. The number of carbonyl (C=O) groups is 1. The number of nitrogens with zero attached hydrogens (tertiary/aromatic N) is 2. The van der Waals surface area contributed by atoms with Gasteiger partial charge >= 0.3 is 0 Å². The van der Waals surface area contributed by atoms with Gasteiger partial charge in [0.05, 0.1) is 21.8 Å². The van der Waals surface area contributed by atoms with E-state index in [0.717, 1.165) is 32.2 Å². The summed E-state index contributed by atoms with van der Waals surface area (Å²) in [6, 6.07) is 10.2. The Labute approximate surface area is 156 Å². The van der Waals surface area contributed by atoms with Gasteiger partial charge in [0.15, 0.2) is 0 Å². The predicted octanol–water partition coefficient (Wildman–Crippen LogP) is 4.60. The quantitative estimate of drug-likeness (QED) is 0.492. The largest absolute Gasteiger partial charge is 0.365 e. The molecule has 3 aromatic heterocycles. The Morgan fingerprint density at radius 2 is 2.16 bits per heavy atom. The van der Waals surface area contributed by atoms with Crippen LogP contribution in [0, 0.1) is 0 Å². The van der Waals surface area contributed by atoms with Gasteiger partial charge in [0, 0.05) is 24.0 Å². The molecule has 1 aromatic carbocycles. The van der Waals surface area contributed by atoms with E-state index in [-0.39, 0.29) is 0 Å². The normalized spacial score (nSPS) is 11.1. The first-order valence-corrected chi connectivity index (χ1v) is 9.97. The summed E-state index contributed by atoms with van der Waals surface area (Å²) in [4.78, 5) is 20.8. The lowest BCUT2D eigenvalue weighted by atomic mass is 10.2. The lowest BCUT2D eigenvalue weighted by Gasteiger charge is -2.18. The van der Waals surface area contributed by atoms with Crippen molar-refractivity contribution in [1.29, 1.82) is 0 Å². The van der Waals surface area contributed by atoms with Crippen molar-refractivity contribution in [3.63, 3.8) is 0 Å². The number of hydrogen-bond donors (Lipinski definition) is 2. The first-order chi connectivity index (χ1) is 12.1. The molecule has 0 saturated heterocycles. The number of para-hydroxylation sites is 1. The molecule has 1 amide bonds. The number of aromatic nitrogens is 2. The topological polar surface area (TPSA) is 75.0 Å². The van der Waals surface area contributed by atoms with Gasteiger partial charge < -0.3 is 15.0 Å². The molecule has 126 valence electrons. The van der Waals surface area contributed by atoms with Crippen LogP contribution in [0.3, 0.4) is 0 Å². The summed E-state index contributed by atoms with van der Waals surface area (Å²) in [5.41, 5.74) is 8.53. The summed E-state index contributed by atoms with van der Waals surface area (Å²) >= 11 is 4.46. The second-order valence-corrected chi connectivity index (χ2v) is 8.31. The molecule has 0 fully saturated rings. The van der Waals surface area contributed by atoms with Gasteiger partial charge in [-0.2, -0.15) is 0 Å². The van der Waals surface area contributed by atoms with Crippen LogP contribution in [0.25, 0.3) is 21.6 Å². The fraction of sp³-hybridized carbons (Fsp3) is 0.0588. The lowest BCUT2D eigenvalue weighted by molar-refractivity contribution is 0.100. The molecule has 5 nitrogen and oxygen atoms in total. The van der Waals surface area contributed by atoms with Gasteiger partial charge in [0.25, 0.3) is 5.91 Å². The van der Waals surface area contributed by atoms with Crippen LogP contribution in [0.4, 0.5) is 5.69 Å². The van der Waals surface area contributed by atoms with Gasteiger partial charge in [-0.15, -0.1) is 22.7 Å². The third-order valence-corrected chi connectivity index (χ3v) is 6.60. The minimum absolute atomic E-state index is 0.393. The first kappa shape index (κ1) is 16.2. The monoisotopic (exact) mass is 386 g/mol. The number of thiazole rings is 1. The Bertz CT molecular complexity index is 1040. The fourth-order valence-corrected chi connectivity index (χ4v) is 5.07. The molecule has 4 aromatic rings. The highest BCUT2D eigenvalue weighted by Crippen LogP contribution is 2.37. The molecular formula is C17H14N4OS3. The smallest absolute Gasteiger partial charge is 0.259 e. The molecule has 0 aliphatic rings. The number of primary amides is 1. The summed E-state index contributed by atoms with van der Waals surface area (Å²) in [7, 11) is 1.98. The van der Waals surface area contributed by atoms with Crippen molar-refractivity contribution < 1.29 is 4.79 Å². The zero-order chi connectivity index (χ0) is 17.4. The number of thiophene rings is 1. The Kier molecular flexibility index (Phi) is 4.24.